The van der Waals surface area contributed by atoms with Crippen molar-refractivity contribution in [2.45, 2.75) is 174 Å². The van der Waals surface area contributed by atoms with Gasteiger partial charge in [0.05, 0.1) is 38.1 Å². The van der Waals surface area contributed by atoms with Crippen LogP contribution in [0.2, 0.25) is 0 Å². The minimum absolute atomic E-state index is 0.0201. The van der Waals surface area contributed by atoms with E-state index in [-0.39, 0.29) is 59.2 Å². The van der Waals surface area contributed by atoms with Crippen molar-refractivity contribution in [2.24, 2.45) is 52.1 Å². The molecule has 4 aliphatic carbocycles. The van der Waals surface area contributed by atoms with Crippen LogP contribution in [0, 0.1) is 46.3 Å². The van der Waals surface area contributed by atoms with Gasteiger partial charge >= 0.3 is 18.0 Å². The summed E-state index contributed by atoms with van der Waals surface area (Å²) >= 11 is 0. The van der Waals surface area contributed by atoms with Gasteiger partial charge in [-0.15, -0.1) is 0 Å². The van der Waals surface area contributed by atoms with Gasteiger partial charge in [0.1, 0.15) is 29.8 Å². The van der Waals surface area contributed by atoms with Gasteiger partial charge in [0.25, 0.3) is 0 Å². The van der Waals surface area contributed by atoms with Gasteiger partial charge in [-0.3, -0.25) is 9.59 Å². The SMILES string of the molecule is COc1ccc(C(=O)OC2C(OC3C(O)COC(O[C@H]4C[C@H]5[C@@H]6CC=C7C[C@@H](O)CC[C@]7(C)C6CC[C@]5(C)C4[C@H](C)C(=O)CCC(C)C)C3OC(C)=O)OCC(O)C2OC(=O)NCc2ccc(CN)cc2)cc1. The Morgan fingerprint density at radius 1 is 0.808 bits per heavy atom. The third-order valence-electron chi connectivity index (χ3n) is 17.4. The number of allylic oxidation sites excluding steroid dienone is 1. The standard InChI is InChI=1S/C56H78N2O15/c1-30(2)8-19-42(61)31(3)46-45(25-41-39-18-15-36-24-37(60)20-22-55(36,5)40(39)21-23-56(41,46)6)70-52-49(69-32(4)59)47(43(62)28-67-52)72-53-50(71-51(64)35-13-16-38(66-7)17-14-35)48(44(63)29-68-53)73-54(65)58-27-34-11-9-33(26-57)10-12-34/h9-17,30-31,37,39-41,43-50,52-53,60,62-63H,8,18-29,57H2,1-7H3,(H,58,65)/t31-,37+,39-,40?,41+,43?,44?,45+,46?,47?,48?,49?,50?,52?,53?,55+,56+/m1/s1. The summed E-state index contributed by atoms with van der Waals surface area (Å²) in [6, 6.07) is 13.4. The number of carbonyl (C=O) groups is 4. The van der Waals surface area contributed by atoms with E-state index in [0.717, 1.165) is 49.7 Å². The van der Waals surface area contributed by atoms with Crippen LogP contribution in [-0.2, 0) is 55.8 Å². The number of rotatable bonds is 17. The number of fused-ring (bicyclic) bond motifs is 5. The van der Waals surface area contributed by atoms with E-state index < -0.39 is 79.9 Å². The lowest BCUT2D eigenvalue weighted by molar-refractivity contribution is -0.340. The molecule has 402 valence electrons. The first-order valence-corrected chi connectivity index (χ1v) is 26.4. The Kier molecular flexibility index (Phi) is 17.4. The summed E-state index contributed by atoms with van der Waals surface area (Å²) in [4.78, 5) is 54.7. The van der Waals surface area contributed by atoms with Crippen LogP contribution >= 0.6 is 0 Å². The molecule has 17 atom stereocenters. The quantitative estimate of drug-likeness (QED) is 0.0663. The van der Waals surface area contributed by atoms with Gasteiger partial charge in [0.2, 0.25) is 0 Å². The third kappa shape index (κ3) is 11.8. The Bertz CT molecular complexity index is 2270. The molecule has 2 aromatic rings. The second-order valence-electron chi connectivity index (χ2n) is 22.4. The monoisotopic (exact) mass is 1020 g/mol. The summed E-state index contributed by atoms with van der Waals surface area (Å²) < 4.78 is 49.0. The fourth-order valence-corrected chi connectivity index (χ4v) is 13.4. The van der Waals surface area contributed by atoms with E-state index in [0.29, 0.717) is 49.3 Å². The summed E-state index contributed by atoms with van der Waals surface area (Å²) in [5.41, 5.74) is 8.56. The third-order valence-corrected chi connectivity index (χ3v) is 17.4. The van der Waals surface area contributed by atoms with Crippen LogP contribution in [0.3, 0.4) is 0 Å². The van der Waals surface area contributed by atoms with Crippen molar-refractivity contribution in [1.29, 1.82) is 0 Å². The van der Waals surface area contributed by atoms with Gasteiger partial charge in [0.15, 0.2) is 30.9 Å². The van der Waals surface area contributed by atoms with Gasteiger partial charge in [-0.25, -0.2) is 9.59 Å². The van der Waals surface area contributed by atoms with Crippen molar-refractivity contribution in [1.82, 2.24) is 5.32 Å². The van der Waals surface area contributed by atoms with Gasteiger partial charge in [-0.05, 0) is 121 Å². The molecule has 1 amide bonds. The van der Waals surface area contributed by atoms with Crippen LogP contribution < -0.4 is 15.8 Å². The number of ketones is 1. The highest BCUT2D eigenvalue weighted by Crippen LogP contribution is 2.68. The molecule has 73 heavy (non-hydrogen) atoms. The molecule has 5 fully saturated rings. The molecule has 10 unspecified atom stereocenters. The van der Waals surface area contributed by atoms with E-state index in [9.17, 15) is 34.5 Å². The predicted molar refractivity (Wildman–Crippen MR) is 265 cm³/mol. The zero-order chi connectivity index (χ0) is 52.4. The van der Waals surface area contributed by atoms with E-state index in [2.05, 4.69) is 39.1 Å². The topological polar surface area (TPSA) is 241 Å². The predicted octanol–water partition coefficient (Wildman–Crippen LogP) is 6.30. The number of nitrogens with two attached hydrogens (primary N) is 1. The molecule has 2 heterocycles. The molecule has 17 heteroatoms. The molecule has 0 aromatic heterocycles. The summed E-state index contributed by atoms with van der Waals surface area (Å²) in [6.07, 6.45) is -4.27. The molecule has 2 aromatic carbocycles. The molecule has 6 aliphatic rings. The van der Waals surface area contributed by atoms with E-state index in [1.807, 2.05) is 31.2 Å². The minimum atomic E-state index is -1.63. The maximum absolute atomic E-state index is 14.3. The minimum Gasteiger partial charge on any atom is -0.497 e. The summed E-state index contributed by atoms with van der Waals surface area (Å²) in [6.45, 7) is 11.8. The van der Waals surface area contributed by atoms with Gasteiger partial charge < -0.3 is 64.3 Å². The van der Waals surface area contributed by atoms with Crippen LogP contribution in [0.5, 0.6) is 5.75 Å². The van der Waals surface area contributed by atoms with Crippen molar-refractivity contribution in [3.8, 4) is 5.75 Å². The average Bonchev–Trinajstić information content (AvgIpc) is 3.67. The van der Waals surface area contributed by atoms with Crippen molar-refractivity contribution in [2.75, 3.05) is 20.3 Å². The number of hydrogen-bond donors (Lipinski definition) is 5. The number of alkyl carbamates (subject to hydrolysis) is 1. The highest BCUT2D eigenvalue weighted by molar-refractivity contribution is 5.89. The van der Waals surface area contributed by atoms with E-state index in [1.165, 1.54) is 31.7 Å². The number of methoxy groups -OCH3 is 1. The van der Waals surface area contributed by atoms with E-state index >= 15 is 0 Å². The number of Topliss-reactive ketones (excluding diaryl/α,β-unsaturated/α-hetero) is 1. The van der Waals surface area contributed by atoms with Crippen LogP contribution in [-0.4, -0.2) is 121 Å². The number of aliphatic hydroxyl groups is 3. The van der Waals surface area contributed by atoms with Crippen molar-refractivity contribution < 1.29 is 72.4 Å². The molecule has 0 bridgehead atoms. The lowest BCUT2D eigenvalue weighted by Gasteiger charge is -2.58. The first-order chi connectivity index (χ1) is 34.8. The Labute approximate surface area is 429 Å². The number of amides is 1. The number of nitrogens with one attached hydrogen (secondary N) is 1. The number of carbonyl (C=O) groups excluding carboxylic acids is 4. The van der Waals surface area contributed by atoms with Crippen LogP contribution in [0.4, 0.5) is 4.79 Å². The van der Waals surface area contributed by atoms with E-state index in [4.69, 9.17) is 43.6 Å². The van der Waals surface area contributed by atoms with Crippen LogP contribution in [0.25, 0.3) is 0 Å². The molecule has 2 aliphatic heterocycles. The Hall–Kier alpha value is -4.46. The van der Waals surface area contributed by atoms with Crippen LogP contribution in [0.1, 0.15) is 121 Å². The van der Waals surface area contributed by atoms with Gasteiger partial charge in [-0.1, -0.05) is 70.5 Å². The number of hydrogen-bond acceptors (Lipinski definition) is 16. The fourth-order valence-electron chi connectivity index (χ4n) is 13.4. The number of benzene rings is 2. The second-order valence-corrected chi connectivity index (χ2v) is 22.4. The lowest BCUT2D eigenvalue weighted by Crippen LogP contribution is -2.63. The normalized spacial score (nSPS) is 36.4. The molecule has 8 rings (SSSR count). The van der Waals surface area contributed by atoms with Crippen LogP contribution in [0.15, 0.2) is 60.2 Å². The summed E-state index contributed by atoms with van der Waals surface area (Å²) in [5, 5.41) is 36.4. The smallest absolute Gasteiger partial charge is 0.407 e. The zero-order valence-corrected chi connectivity index (χ0v) is 43.4. The first-order valence-electron chi connectivity index (χ1n) is 26.4. The summed E-state index contributed by atoms with van der Waals surface area (Å²) in [7, 11) is 1.49. The molecule has 6 N–H and O–H groups in total. The Balaban J connectivity index is 1.07. The highest BCUT2D eigenvalue weighted by Gasteiger charge is 2.64. The maximum atomic E-state index is 14.3. The average molecular weight is 1020 g/mol. The number of esters is 2. The number of ether oxygens (including phenoxy) is 8. The number of aliphatic hydroxyl groups excluding tert-OH is 3. The second kappa shape index (κ2) is 23.2. The van der Waals surface area contributed by atoms with Crippen molar-refractivity contribution in [3.63, 3.8) is 0 Å². The molecule has 2 saturated heterocycles. The lowest BCUT2D eigenvalue weighted by atomic mass is 9.47. The van der Waals surface area contributed by atoms with E-state index in [1.54, 1.807) is 12.1 Å². The van der Waals surface area contributed by atoms with Gasteiger partial charge in [0, 0.05) is 38.3 Å². The zero-order valence-electron chi connectivity index (χ0n) is 43.4. The molecule has 0 spiro atoms. The Morgan fingerprint density at radius 3 is 2.12 bits per heavy atom. The molecular weight excluding hydrogens is 941 g/mol. The largest absolute Gasteiger partial charge is 0.497 e. The fraction of sp³-hybridized carbons (Fsp3) is 0.679. The first kappa shape index (κ1) is 54.8. The molecular formula is C56H78N2O15. The molecule has 17 nitrogen and oxygen atoms in total. The summed E-state index contributed by atoms with van der Waals surface area (Å²) in [5.74, 6) is -0.269. The highest BCUT2D eigenvalue weighted by atomic mass is 16.8. The van der Waals surface area contributed by atoms with Crippen molar-refractivity contribution in [3.05, 3.63) is 76.9 Å². The maximum Gasteiger partial charge on any atom is 0.407 e. The Morgan fingerprint density at radius 2 is 1.47 bits per heavy atom. The van der Waals surface area contributed by atoms with Crippen molar-refractivity contribution >= 4 is 23.8 Å². The molecule has 3 saturated carbocycles. The van der Waals surface area contributed by atoms with Gasteiger partial charge in [-0.2, -0.15) is 0 Å². The molecule has 0 radical (unpaired) electrons.